The number of hydrogen-bond acceptors (Lipinski definition) is 5. The van der Waals surface area contributed by atoms with Crippen LogP contribution in [0.2, 0.25) is 0 Å². The van der Waals surface area contributed by atoms with Crippen LogP contribution < -0.4 is 51.4 Å². The third kappa shape index (κ3) is 13.4. The fraction of sp³-hybridized carbons (Fsp3) is 0.909. The topological polar surface area (TPSA) is 83.5 Å². The number of hydrogen-bond donors (Lipinski definition) is 0. The van der Waals surface area contributed by atoms with E-state index >= 15 is 0 Å². The van der Waals surface area contributed by atoms with E-state index in [-0.39, 0.29) is 85.2 Å². The normalized spacial score (nSPS) is 10.4. The van der Waals surface area contributed by atoms with Crippen LogP contribution in [0, 0.1) is 5.41 Å². The van der Waals surface area contributed by atoms with Crippen LogP contribution in [-0.4, -0.2) is 31.3 Å². The Labute approximate surface area is 154 Å². The number of rotatable bonds is 6. The van der Waals surface area contributed by atoms with Crippen LogP contribution in [0.15, 0.2) is 0 Å². The second-order valence-electron chi connectivity index (χ2n) is 3.99. The fourth-order valence-corrected chi connectivity index (χ4v) is 1.21. The van der Waals surface area contributed by atoms with Crippen LogP contribution in [0.4, 0.5) is 0 Å². The van der Waals surface area contributed by atoms with Crippen molar-refractivity contribution < 1.29 is 73.9 Å². The average molecular weight is 308 g/mol. The van der Waals surface area contributed by atoms with Gasteiger partial charge < -0.3 is 9.29 Å². The van der Waals surface area contributed by atoms with Gasteiger partial charge in [-0.05, 0) is 26.7 Å². The van der Waals surface area contributed by atoms with E-state index in [1.54, 1.807) is 13.8 Å². The third-order valence-electron chi connectivity index (χ3n) is 2.21. The van der Waals surface area contributed by atoms with Crippen LogP contribution >= 0.6 is 0 Å². The first-order valence-corrected chi connectivity index (χ1v) is 6.37. The second kappa shape index (κ2) is 11.8. The van der Waals surface area contributed by atoms with E-state index in [9.17, 15) is 17.8 Å². The van der Waals surface area contributed by atoms with Gasteiger partial charge in [0.2, 0.25) is 0 Å². The van der Waals surface area contributed by atoms with Gasteiger partial charge in [-0.3, -0.25) is 4.79 Å². The predicted molar refractivity (Wildman–Crippen MR) is 67.7 cm³/mol. The maximum Gasteiger partial charge on any atom is 1.00 e. The maximum absolute atomic E-state index is 11.4. The van der Waals surface area contributed by atoms with Crippen LogP contribution in [0.25, 0.3) is 0 Å². The smallest absolute Gasteiger partial charge is 0.748 e. The Kier molecular flexibility index (Phi) is 18.0. The Morgan fingerprint density at radius 1 is 1.28 bits per heavy atom. The van der Waals surface area contributed by atoms with Crippen molar-refractivity contribution in [3.8, 4) is 0 Å². The van der Waals surface area contributed by atoms with Gasteiger partial charge in [0, 0.05) is 5.75 Å². The van der Waals surface area contributed by atoms with Crippen molar-refractivity contribution in [2.45, 2.75) is 48.5 Å². The summed E-state index contributed by atoms with van der Waals surface area (Å²) in [5.41, 5.74) is -0.559. The fourth-order valence-electron chi connectivity index (χ4n) is 0.740. The van der Waals surface area contributed by atoms with Gasteiger partial charge in [0.15, 0.2) is 0 Å². The molecule has 0 aromatic carbocycles. The van der Waals surface area contributed by atoms with Crippen molar-refractivity contribution in [1.82, 2.24) is 0 Å². The van der Waals surface area contributed by atoms with Crippen molar-refractivity contribution in [3.63, 3.8) is 0 Å². The molecule has 0 amide bonds. The van der Waals surface area contributed by atoms with Crippen molar-refractivity contribution in [2.75, 3.05) is 12.4 Å². The average Bonchev–Trinajstić information content (AvgIpc) is 2.10. The summed E-state index contributed by atoms with van der Waals surface area (Å²) in [4.78, 5) is 11.4. The number of esters is 1. The van der Waals surface area contributed by atoms with Gasteiger partial charge in [-0.15, -0.1) is 0 Å². The first-order valence-electron chi connectivity index (χ1n) is 4.80. The number of carbonyl (C=O) groups excluding carboxylic acids is 1. The third-order valence-corrected chi connectivity index (χ3v) is 3.00. The largest absolute Gasteiger partial charge is 1.00 e. The minimum Gasteiger partial charge on any atom is -0.748 e. The van der Waals surface area contributed by atoms with Gasteiger partial charge in [0.05, 0.1) is 22.1 Å². The molecule has 0 saturated heterocycles. The van der Waals surface area contributed by atoms with Gasteiger partial charge in [-0.1, -0.05) is 21.8 Å². The van der Waals surface area contributed by atoms with E-state index in [0.29, 0.717) is 6.42 Å². The molecule has 0 aromatic rings. The van der Waals surface area contributed by atoms with Gasteiger partial charge in [-0.2, -0.15) is 0 Å². The number of ether oxygens (including phenoxy) is 1. The van der Waals surface area contributed by atoms with E-state index in [0.717, 1.165) is 0 Å². The molecule has 18 heavy (non-hydrogen) atoms. The molecule has 106 valence electrons. The van der Waals surface area contributed by atoms with Crippen LogP contribution in [0.3, 0.4) is 0 Å². The summed E-state index contributed by atoms with van der Waals surface area (Å²) in [5.74, 6) is -0.861. The van der Waals surface area contributed by atoms with Gasteiger partial charge >= 0.3 is 57.4 Å². The molecule has 0 spiro atoms. The molecule has 0 rings (SSSR count). The summed E-state index contributed by atoms with van der Waals surface area (Å²) in [6.07, 6.45) is 0.697. The summed E-state index contributed by atoms with van der Waals surface area (Å²) in [6, 6.07) is 0. The van der Waals surface area contributed by atoms with Crippen molar-refractivity contribution in [2.24, 2.45) is 5.41 Å². The Balaban J connectivity index is -0.000000327. The predicted octanol–water partition coefficient (Wildman–Crippen LogP) is -0.823. The first-order chi connectivity index (χ1) is 6.69. The van der Waals surface area contributed by atoms with Gasteiger partial charge in [0.1, 0.15) is 0 Å². The van der Waals surface area contributed by atoms with Crippen LogP contribution in [0.5, 0.6) is 0 Å². The monoisotopic (exact) mass is 308 g/mol. The Morgan fingerprint density at radius 2 is 1.72 bits per heavy atom. The molecule has 7 heteroatoms. The molecule has 0 bridgehead atoms. The SMILES string of the molecule is C.C.CCC(C)(C)C(=O)OCCCS(=O)(=O)[O-].[K+]. The summed E-state index contributed by atoms with van der Waals surface area (Å²) < 4.78 is 35.5. The molecule has 0 aliphatic rings. The molecular weight excluding hydrogens is 283 g/mol. The molecule has 0 aromatic heterocycles. The van der Waals surface area contributed by atoms with Crippen molar-refractivity contribution in [3.05, 3.63) is 0 Å². The molecule has 0 radical (unpaired) electrons. The summed E-state index contributed by atoms with van der Waals surface area (Å²) >= 11 is 0. The summed E-state index contributed by atoms with van der Waals surface area (Å²) in [7, 11) is -4.20. The molecule has 0 atom stereocenters. The molecule has 0 aliphatic heterocycles. The van der Waals surface area contributed by atoms with Crippen molar-refractivity contribution >= 4 is 16.1 Å². The number of carbonyl (C=O) groups is 1. The summed E-state index contributed by atoms with van der Waals surface area (Å²) in [6.45, 7) is 5.34. The van der Waals surface area contributed by atoms with E-state index in [4.69, 9.17) is 4.74 Å². The molecule has 0 N–H and O–H groups in total. The minimum absolute atomic E-state index is 0. The zero-order valence-corrected chi connectivity index (χ0v) is 14.2. The van der Waals surface area contributed by atoms with E-state index in [2.05, 4.69) is 0 Å². The molecule has 0 unspecified atom stereocenters. The standard InChI is InChI=1S/C9H18O5S.2CH4.K/c1-4-9(2,3)8(10)14-6-5-7-15(11,12)13;;;/h4-7H2,1-3H3,(H,11,12,13);2*1H4;/q;;;+1/p-1. The summed E-state index contributed by atoms with van der Waals surface area (Å²) in [5, 5.41) is 0. The van der Waals surface area contributed by atoms with Crippen molar-refractivity contribution in [1.29, 1.82) is 0 Å². The molecular formula is C11H25KO5S. The Bertz CT molecular complexity index is 311. The Hall–Kier alpha value is 1.02. The van der Waals surface area contributed by atoms with Gasteiger partial charge in [-0.25, -0.2) is 8.42 Å². The molecule has 0 fully saturated rings. The van der Waals surface area contributed by atoms with E-state index in [1.165, 1.54) is 0 Å². The molecule has 0 saturated carbocycles. The molecule has 0 aliphatic carbocycles. The van der Waals surface area contributed by atoms with E-state index < -0.39 is 21.3 Å². The Morgan fingerprint density at radius 3 is 2.06 bits per heavy atom. The van der Waals surface area contributed by atoms with E-state index in [1.807, 2.05) is 6.92 Å². The minimum atomic E-state index is -4.20. The second-order valence-corrected chi connectivity index (χ2v) is 5.51. The zero-order valence-electron chi connectivity index (χ0n) is 10.3. The molecule has 0 heterocycles. The van der Waals surface area contributed by atoms with Crippen LogP contribution in [0.1, 0.15) is 48.5 Å². The first kappa shape index (κ1) is 27.4. The quantitative estimate of drug-likeness (QED) is 0.277. The van der Waals surface area contributed by atoms with Crippen LogP contribution in [-0.2, 0) is 19.6 Å². The molecule has 5 nitrogen and oxygen atoms in total. The maximum atomic E-state index is 11.4. The zero-order chi connectivity index (χ0) is 12.1. The van der Waals surface area contributed by atoms with Gasteiger partial charge in [0.25, 0.3) is 0 Å².